The van der Waals surface area contributed by atoms with Crippen LogP contribution in [0.4, 0.5) is 5.69 Å². The van der Waals surface area contributed by atoms with E-state index in [0.717, 1.165) is 50.0 Å². The van der Waals surface area contributed by atoms with Crippen molar-refractivity contribution in [3.8, 4) is 0 Å². The van der Waals surface area contributed by atoms with Crippen molar-refractivity contribution in [1.82, 2.24) is 10.2 Å². The molecule has 2 aromatic carbocycles. The van der Waals surface area contributed by atoms with Crippen LogP contribution in [0.3, 0.4) is 0 Å². The van der Waals surface area contributed by atoms with Gasteiger partial charge < -0.3 is 10.2 Å². The second kappa shape index (κ2) is 7.73. The zero-order chi connectivity index (χ0) is 17.8. The number of likely N-dealkylation sites (tertiary alicyclic amines) is 1. The molecule has 0 bridgehead atoms. The number of hydrogen-bond donors (Lipinski definition) is 1. The second-order valence-electron chi connectivity index (χ2n) is 7.15. The van der Waals surface area contributed by atoms with Gasteiger partial charge in [0, 0.05) is 25.6 Å². The number of carbonyl (C=O) groups excluding carboxylic acids is 1. The van der Waals surface area contributed by atoms with Gasteiger partial charge in [-0.1, -0.05) is 48.5 Å². The number of carbonyl (C=O) groups is 1. The third-order valence-electron chi connectivity index (χ3n) is 5.29. The standard InChI is InChI=1S/C22H25N3O/c26-22(16-17-6-2-1-3-7-17)23-19-12-14-25(15-13-19)21-11-10-18-8-4-5-9-20(18)24-21/h1-9,19H,10-16H2,(H,23,26). The van der Waals surface area contributed by atoms with Crippen LogP contribution < -0.4 is 5.32 Å². The van der Waals surface area contributed by atoms with Gasteiger partial charge in [-0.15, -0.1) is 0 Å². The lowest BCUT2D eigenvalue weighted by atomic mass is 10.0. The van der Waals surface area contributed by atoms with Crippen LogP contribution in [-0.2, 0) is 17.6 Å². The maximum atomic E-state index is 12.3. The minimum Gasteiger partial charge on any atom is -0.360 e. The summed E-state index contributed by atoms with van der Waals surface area (Å²) in [5, 5.41) is 3.20. The smallest absolute Gasteiger partial charge is 0.224 e. The lowest BCUT2D eigenvalue weighted by molar-refractivity contribution is -0.121. The zero-order valence-electron chi connectivity index (χ0n) is 15.0. The summed E-state index contributed by atoms with van der Waals surface area (Å²) >= 11 is 0. The van der Waals surface area contributed by atoms with Gasteiger partial charge in [0.2, 0.25) is 5.91 Å². The van der Waals surface area contributed by atoms with E-state index in [2.05, 4.69) is 34.5 Å². The van der Waals surface area contributed by atoms with Gasteiger partial charge >= 0.3 is 0 Å². The summed E-state index contributed by atoms with van der Waals surface area (Å²) in [6.45, 7) is 1.94. The van der Waals surface area contributed by atoms with Crippen LogP contribution in [-0.4, -0.2) is 35.8 Å². The monoisotopic (exact) mass is 347 g/mol. The molecule has 0 aromatic heterocycles. The lowest BCUT2D eigenvalue weighted by Crippen LogP contribution is -2.47. The number of aliphatic imine (C=N–C) groups is 1. The maximum absolute atomic E-state index is 12.3. The van der Waals surface area contributed by atoms with Crippen LogP contribution in [0.25, 0.3) is 0 Å². The van der Waals surface area contributed by atoms with E-state index in [9.17, 15) is 4.79 Å². The number of rotatable bonds is 3. The van der Waals surface area contributed by atoms with Crippen molar-refractivity contribution < 1.29 is 4.79 Å². The Kier molecular flexibility index (Phi) is 5.00. The third kappa shape index (κ3) is 3.96. The van der Waals surface area contributed by atoms with Gasteiger partial charge in [-0.3, -0.25) is 4.79 Å². The number of amides is 1. The van der Waals surface area contributed by atoms with Crippen molar-refractivity contribution in [2.75, 3.05) is 13.1 Å². The second-order valence-corrected chi connectivity index (χ2v) is 7.15. The first-order chi connectivity index (χ1) is 12.8. The molecule has 1 fully saturated rings. The van der Waals surface area contributed by atoms with Crippen LogP contribution in [0.2, 0.25) is 0 Å². The molecule has 0 atom stereocenters. The van der Waals surface area contributed by atoms with E-state index in [1.807, 2.05) is 30.3 Å². The third-order valence-corrected chi connectivity index (χ3v) is 5.29. The topological polar surface area (TPSA) is 44.7 Å². The van der Waals surface area contributed by atoms with Crippen molar-refractivity contribution in [3.05, 3.63) is 65.7 Å². The number of aryl methyl sites for hydroxylation is 1. The maximum Gasteiger partial charge on any atom is 0.224 e. The number of nitrogens with one attached hydrogen (secondary N) is 1. The Morgan fingerprint density at radius 3 is 2.54 bits per heavy atom. The number of hydrogen-bond acceptors (Lipinski definition) is 3. The Labute approximate surface area is 154 Å². The normalized spacial score (nSPS) is 17.4. The summed E-state index contributed by atoms with van der Waals surface area (Å²) in [7, 11) is 0. The SMILES string of the molecule is O=C(Cc1ccccc1)NC1CCN(C2=Nc3ccccc3CC2)CC1. The van der Waals surface area contributed by atoms with Crippen LogP contribution in [0.1, 0.15) is 30.4 Å². The molecule has 2 heterocycles. The fourth-order valence-corrected chi connectivity index (χ4v) is 3.84. The van der Waals surface area contributed by atoms with Crippen molar-refractivity contribution in [2.45, 2.75) is 38.1 Å². The van der Waals surface area contributed by atoms with Gasteiger partial charge in [0.15, 0.2) is 0 Å². The van der Waals surface area contributed by atoms with Crippen LogP contribution in [0.5, 0.6) is 0 Å². The molecular weight excluding hydrogens is 322 g/mol. The molecule has 1 N–H and O–H groups in total. The highest BCUT2D eigenvalue weighted by molar-refractivity contribution is 5.87. The average Bonchev–Trinajstić information content (AvgIpc) is 2.69. The van der Waals surface area contributed by atoms with Crippen LogP contribution in [0, 0.1) is 0 Å². The number of piperidine rings is 1. The summed E-state index contributed by atoms with van der Waals surface area (Å²) < 4.78 is 0. The fraction of sp³-hybridized carbons (Fsp3) is 0.364. The van der Waals surface area contributed by atoms with Crippen molar-refractivity contribution >= 4 is 17.4 Å². The van der Waals surface area contributed by atoms with Gasteiger partial charge in [0.1, 0.15) is 5.84 Å². The first-order valence-electron chi connectivity index (χ1n) is 9.51. The highest BCUT2D eigenvalue weighted by Crippen LogP contribution is 2.27. The minimum atomic E-state index is 0.124. The van der Waals surface area contributed by atoms with Gasteiger partial charge in [0.25, 0.3) is 0 Å². The molecule has 1 amide bonds. The lowest BCUT2D eigenvalue weighted by Gasteiger charge is -2.35. The molecule has 134 valence electrons. The van der Waals surface area contributed by atoms with Gasteiger partial charge in [-0.05, 0) is 36.5 Å². The van der Waals surface area contributed by atoms with E-state index in [1.54, 1.807) is 0 Å². The predicted octanol–water partition coefficient (Wildman–Crippen LogP) is 3.49. The number of amidine groups is 1. The molecule has 2 aliphatic heterocycles. The minimum absolute atomic E-state index is 0.124. The molecule has 4 nitrogen and oxygen atoms in total. The first-order valence-corrected chi connectivity index (χ1v) is 9.51. The van der Waals surface area contributed by atoms with Crippen molar-refractivity contribution in [1.29, 1.82) is 0 Å². The Balaban J connectivity index is 1.29. The zero-order valence-corrected chi connectivity index (χ0v) is 15.0. The van der Waals surface area contributed by atoms with E-state index in [1.165, 1.54) is 11.4 Å². The van der Waals surface area contributed by atoms with Gasteiger partial charge in [-0.2, -0.15) is 0 Å². The molecule has 0 aliphatic carbocycles. The molecule has 0 unspecified atom stereocenters. The largest absolute Gasteiger partial charge is 0.360 e. The molecule has 2 aromatic rings. The molecule has 4 rings (SSSR count). The van der Waals surface area contributed by atoms with Crippen molar-refractivity contribution in [2.24, 2.45) is 4.99 Å². The number of fused-ring (bicyclic) bond motifs is 1. The molecule has 0 radical (unpaired) electrons. The quantitative estimate of drug-likeness (QED) is 0.924. The number of para-hydroxylation sites is 1. The van der Waals surface area contributed by atoms with E-state index < -0.39 is 0 Å². The highest BCUT2D eigenvalue weighted by Gasteiger charge is 2.24. The van der Waals surface area contributed by atoms with E-state index >= 15 is 0 Å². The summed E-state index contributed by atoms with van der Waals surface area (Å²) in [5.74, 6) is 1.33. The molecule has 0 spiro atoms. The van der Waals surface area contributed by atoms with E-state index in [0.29, 0.717) is 6.42 Å². The average molecular weight is 347 g/mol. The Morgan fingerprint density at radius 2 is 1.73 bits per heavy atom. The van der Waals surface area contributed by atoms with Gasteiger partial charge in [-0.25, -0.2) is 4.99 Å². The Morgan fingerprint density at radius 1 is 1.00 bits per heavy atom. The summed E-state index contributed by atoms with van der Waals surface area (Å²) in [5.41, 5.74) is 3.53. The highest BCUT2D eigenvalue weighted by atomic mass is 16.1. The molecule has 2 aliphatic rings. The van der Waals surface area contributed by atoms with E-state index in [4.69, 9.17) is 4.99 Å². The molecule has 4 heteroatoms. The first kappa shape index (κ1) is 16.8. The summed E-state index contributed by atoms with van der Waals surface area (Å²) in [4.78, 5) is 19.5. The molecular formula is C22H25N3O. The molecule has 1 saturated heterocycles. The summed E-state index contributed by atoms with van der Waals surface area (Å²) in [6.07, 6.45) is 4.53. The van der Waals surface area contributed by atoms with Crippen molar-refractivity contribution in [3.63, 3.8) is 0 Å². The Hall–Kier alpha value is -2.62. The number of benzene rings is 2. The van der Waals surface area contributed by atoms with Crippen LogP contribution in [0.15, 0.2) is 59.6 Å². The molecule has 0 saturated carbocycles. The Bertz CT molecular complexity index is 792. The van der Waals surface area contributed by atoms with E-state index in [-0.39, 0.29) is 11.9 Å². The predicted molar refractivity (Wildman–Crippen MR) is 105 cm³/mol. The summed E-state index contributed by atoms with van der Waals surface area (Å²) in [6, 6.07) is 18.6. The molecule has 26 heavy (non-hydrogen) atoms. The fourth-order valence-electron chi connectivity index (χ4n) is 3.84. The van der Waals surface area contributed by atoms with Gasteiger partial charge in [0.05, 0.1) is 12.1 Å². The van der Waals surface area contributed by atoms with Crippen LogP contribution >= 0.6 is 0 Å². The number of nitrogens with zero attached hydrogens (tertiary/aromatic N) is 2.